The Morgan fingerprint density at radius 1 is 1.14 bits per heavy atom. The summed E-state index contributed by atoms with van der Waals surface area (Å²) in [6, 6.07) is 11.1. The Hall–Kier alpha value is -1.76. The Balaban J connectivity index is 2.16. The Morgan fingerprint density at radius 3 is 2.59 bits per heavy atom. The molecular weight excluding hydrogens is 305 g/mol. The zero-order valence-electron chi connectivity index (χ0n) is 12.5. The number of ether oxygens (including phenoxy) is 1. The van der Waals surface area contributed by atoms with Crippen molar-refractivity contribution < 1.29 is 17.5 Å². The van der Waals surface area contributed by atoms with Crippen molar-refractivity contribution in [3.8, 4) is 0 Å². The molecule has 0 amide bonds. The predicted octanol–water partition coefficient (Wildman–Crippen LogP) is 2.76. The number of benzene rings is 2. The second kappa shape index (κ2) is 7.00. The lowest BCUT2D eigenvalue weighted by atomic mass is 10.1. The van der Waals surface area contributed by atoms with Crippen LogP contribution in [0, 0.1) is 12.7 Å². The topological polar surface area (TPSA) is 55.4 Å². The molecule has 1 N–H and O–H groups in total. The van der Waals surface area contributed by atoms with E-state index >= 15 is 0 Å². The Kier molecular flexibility index (Phi) is 5.28. The fraction of sp³-hybridized carbons (Fsp3) is 0.250. The van der Waals surface area contributed by atoms with Crippen molar-refractivity contribution in [2.45, 2.75) is 25.0 Å². The molecule has 118 valence electrons. The standard InChI is InChI=1S/C16H18FNO3S/c1-12-6-7-15(17)9-16(12)22(19,20)18-10-13-4-3-5-14(8-13)11-21-2/h3-9,18H,10-11H2,1-2H3. The molecule has 0 heterocycles. The maximum atomic E-state index is 13.3. The molecule has 0 fully saturated rings. The lowest BCUT2D eigenvalue weighted by molar-refractivity contribution is 0.185. The number of nitrogens with one attached hydrogen (secondary N) is 1. The van der Waals surface area contributed by atoms with Gasteiger partial charge in [0.1, 0.15) is 5.82 Å². The number of aryl methyl sites for hydroxylation is 1. The zero-order valence-corrected chi connectivity index (χ0v) is 13.3. The predicted molar refractivity (Wildman–Crippen MR) is 82.3 cm³/mol. The number of halogens is 1. The van der Waals surface area contributed by atoms with Crippen LogP contribution in [-0.2, 0) is 27.9 Å². The van der Waals surface area contributed by atoms with Crippen molar-refractivity contribution >= 4 is 10.0 Å². The molecule has 0 aliphatic rings. The van der Waals surface area contributed by atoms with E-state index in [1.54, 1.807) is 14.0 Å². The van der Waals surface area contributed by atoms with Crippen LogP contribution in [0.25, 0.3) is 0 Å². The summed E-state index contributed by atoms with van der Waals surface area (Å²) >= 11 is 0. The highest BCUT2D eigenvalue weighted by atomic mass is 32.2. The lowest BCUT2D eigenvalue weighted by Crippen LogP contribution is -2.24. The summed E-state index contributed by atoms with van der Waals surface area (Å²) < 4.78 is 45.4. The molecule has 2 aromatic rings. The summed E-state index contributed by atoms with van der Waals surface area (Å²) in [6.45, 7) is 2.23. The van der Waals surface area contributed by atoms with Gasteiger partial charge in [-0.1, -0.05) is 30.3 Å². The average Bonchev–Trinajstić information content (AvgIpc) is 2.48. The van der Waals surface area contributed by atoms with Gasteiger partial charge in [0.15, 0.2) is 0 Å². The molecule has 0 spiro atoms. The molecule has 0 radical (unpaired) electrons. The van der Waals surface area contributed by atoms with E-state index in [2.05, 4.69) is 4.72 Å². The van der Waals surface area contributed by atoms with Gasteiger partial charge < -0.3 is 4.74 Å². The van der Waals surface area contributed by atoms with E-state index in [1.165, 1.54) is 12.1 Å². The smallest absolute Gasteiger partial charge is 0.241 e. The first kappa shape index (κ1) is 16.6. The monoisotopic (exact) mass is 323 g/mol. The molecule has 4 nitrogen and oxygen atoms in total. The van der Waals surface area contributed by atoms with Gasteiger partial charge in [-0.15, -0.1) is 0 Å². The molecule has 0 aliphatic carbocycles. The van der Waals surface area contributed by atoms with Crippen LogP contribution in [0.2, 0.25) is 0 Å². The van der Waals surface area contributed by atoms with Crippen LogP contribution >= 0.6 is 0 Å². The summed E-state index contributed by atoms with van der Waals surface area (Å²) in [7, 11) is -2.16. The second-order valence-electron chi connectivity index (χ2n) is 4.99. The van der Waals surface area contributed by atoms with E-state index in [0.717, 1.165) is 17.2 Å². The van der Waals surface area contributed by atoms with Crippen molar-refractivity contribution in [1.82, 2.24) is 4.72 Å². The maximum absolute atomic E-state index is 13.3. The molecule has 0 aromatic heterocycles. The van der Waals surface area contributed by atoms with Crippen LogP contribution < -0.4 is 4.72 Å². The molecule has 0 saturated carbocycles. The van der Waals surface area contributed by atoms with E-state index in [1.807, 2.05) is 24.3 Å². The van der Waals surface area contributed by atoms with Crippen molar-refractivity contribution in [2.24, 2.45) is 0 Å². The minimum atomic E-state index is -3.76. The van der Waals surface area contributed by atoms with Crippen LogP contribution in [0.4, 0.5) is 4.39 Å². The van der Waals surface area contributed by atoms with Crippen LogP contribution in [0.3, 0.4) is 0 Å². The van der Waals surface area contributed by atoms with Gasteiger partial charge in [-0.05, 0) is 35.7 Å². The van der Waals surface area contributed by atoms with E-state index in [4.69, 9.17) is 4.74 Å². The number of sulfonamides is 1. The van der Waals surface area contributed by atoms with E-state index in [0.29, 0.717) is 12.2 Å². The number of hydrogen-bond donors (Lipinski definition) is 1. The average molecular weight is 323 g/mol. The molecular formula is C16H18FNO3S. The Labute approximate surface area is 130 Å². The van der Waals surface area contributed by atoms with Crippen LogP contribution in [0.1, 0.15) is 16.7 Å². The summed E-state index contributed by atoms with van der Waals surface area (Å²) in [5.74, 6) is -0.576. The van der Waals surface area contributed by atoms with Crippen molar-refractivity contribution in [1.29, 1.82) is 0 Å². The molecule has 2 rings (SSSR count). The zero-order chi connectivity index (χ0) is 16.2. The first-order valence-corrected chi connectivity index (χ1v) is 8.23. The minimum absolute atomic E-state index is 0.0412. The highest BCUT2D eigenvalue weighted by Gasteiger charge is 2.17. The summed E-state index contributed by atoms with van der Waals surface area (Å²) in [5, 5.41) is 0. The van der Waals surface area contributed by atoms with Gasteiger partial charge in [-0.3, -0.25) is 0 Å². The van der Waals surface area contributed by atoms with Crippen LogP contribution in [0.15, 0.2) is 47.4 Å². The molecule has 0 bridgehead atoms. The van der Waals surface area contributed by atoms with Gasteiger partial charge in [0, 0.05) is 13.7 Å². The first-order chi connectivity index (χ1) is 10.4. The molecule has 6 heteroatoms. The third-order valence-electron chi connectivity index (χ3n) is 3.21. The van der Waals surface area contributed by atoms with Gasteiger partial charge in [-0.2, -0.15) is 0 Å². The Bertz CT molecular complexity index is 760. The van der Waals surface area contributed by atoms with E-state index in [-0.39, 0.29) is 11.4 Å². The number of hydrogen-bond acceptors (Lipinski definition) is 3. The normalized spacial score (nSPS) is 11.6. The van der Waals surface area contributed by atoms with Gasteiger partial charge in [0.05, 0.1) is 11.5 Å². The molecule has 0 aliphatic heterocycles. The highest BCUT2D eigenvalue weighted by molar-refractivity contribution is 7.89. The summed E-state index contributed by atoms with van der Waals surface area (Å²) in [6.07, 6.45) is 0. The van der Waals surface area contributed by atoms with Crippen molar-refractivity contribution in [3.05, 3.63) is 65.0 Å². The third kappa shape index (κ3) is 4.13. The third-order valence-corrected chi connectivity index (χ3v) is 4.75. The van der Waals surface area contributed by atoms with Gasteiger partial charge >= 0.3 is 0 Å². The van der Waals surface area contributed by atoms with E-state index in [9.17, 15) is 12.8 Å². The van der Waals surface area contributed by atoms with Crippen molar-refractivity contribution in [3.63, 3.8) is 0 Å². The van der Waals surface area contributed by atoms with E-state index < -0.39 is 15.8 Å². The van der Waals surface area contributed by atoms with Crippen LogP contribution in [-0.4, -0.2) is 15.5 Å². The fourth-order valence-corrected chi connectivity index (χ4v) is 3.39. The number of rotatable bonds is 6. The summed E-state index contributed by atoms with van der Waals surface area (Å²) in [5.41, 5.74) is 2.27. The number of methoxy groups -OCH3 is 1. The quantitative estimate of drug-likeness (QED) is 0.889. The van der Waals surface area contributed by atoms with Crippen LogP contribution in [0.5, 0.6) is 0 Å². The largest absolute Gasteiger partial charge is 0.380 e. The first-order valence-electron chi connectivity index (χ1n) is 6.75. The maximum Gasteiger partial charge on any atom is 0.241 e. The van der Waals surface area contributed by atoms with Gasteiger partial charge in [0.25, 0.3) is 0 Å². The second-order valence-corrected chi connectivity index (χ2v) is 6.72. The lowest BCUT2D eigenvalue weighted by Gasteiger charge is -2.10. The SMILES string of the molecule is COCc1cccc(CNS(=O)(=O)c2cc(F)ccc2C)c1. The Morgan fingerprint density at radius 2 is 1.86 bits per heavy atom. The molecule has 0 saturated heterocycles. The fourth-order valence-electron chi connectivity index (χ4n) is 2.12. The summed E-state index contributed by atoms with van der Waals surface area (Å²) in [4.78, 5) is -0.0412. The highest BCUT2D eigenvalue weighted by Crippen LogP contribution is 2.17. The van der Waals surface area contributed by atoms with Crippen molar-refractivity contribution in [2.75, 3.05) is 7.11 Å². The minimum Gasteiger partial charge on any atom is -0.380 e. The molecule has 0 atom stereocenters. The molecule has 2 aromatic carbocycles. The molecule has 22 heavy (non-hydrogen) atoms. The van der Waals surface area contributed by atoms with Gasteiger partial charge in [0.2, 0.25) is 10.0 Å². The van der Waals surface area contributed by atoms with Gasteiger partial charge in [-0.25, -0.2) is 17.5 Å². The molecule has 0 unspecified atom stereocenters.